The molecule has 0 unspecified atom stereocenters. The highest BCUT2D eigenvalue weighted by molar-refractivity contribution is 7.13. The lowest BCUT2D eigenvalue weighted by Gasteiger charge is -2.51. The molecular formula is C17H22N4O2S. The number of ether oxygens (including phenoxy) is 1. The van der Waals surface area contributed by atoms with Gasteiger partial charge in [-0.2, -0.15) is 0 Å². The molecule has 6 nitrogen and oxygen atoms in total. The van der Waals surface area contributed by atoms with Crippen molar-refractivity contribution in [1.82, 2.24) is 20.3 Å². The fourth-order valence-corrected chi connectivity index (χ4v) is 3.69. The summed E-state index contributed by atoms with van der Waals surface area (Å²) in [5.74, 6) is 0.586. The van der Waals surface area contributed by atoms with Crippen LogP contribution in [0.1, 0.15) is 32.9 Å². The van der Waals surface area contributed by atoms with Crippen LogP contribution in [0.2, 0.25) is 0 Å². The van der Waals surface area contributed by atoms with Crippen molar-refractivity contribution in [3.63, 3.8) is 0 Å². The third-order valence-electron chi connectivity index (χ3n) is 4.53. The molecule has 1 saturated carbocycles. The van der Waals surface area contributed by atoms with Crippen LogP contribution >= 0.6 is 11.3 Å². The predicted octanol–water partition coefficient (Wildman–Crippen LogP) is 2.46. The van der Waals surface area contributed by atoms with Crippen LogP contribution in [0, 0.1) is 5.41 Å². The molecule has 2 aromatic rings. The Kier molecular flexibility index (Phi) is 4.91. The van der Waals surface area contributed by atoms with E-state index >= 15 is 0 Å². The van der Waals surface area contributed by atoms with E-state index in [1.165, 1.54) is 11.3 Å². The van der Waals surface area contributed by atoms with E-state index in [0.717, 1.165) is 17.1 Å². The standard InChI is InChI=1S/C17H22N4O2S/c1-4-23-13-9-12(17(13,2)3)21-14(22)8-11-10-24-16(20-11)15-18-6-5-7-19-15/h5-7,10,12-13H,4,8-9H2,1-3H3,(H,21,22)/t12-,13+/m1/s1. The quantitative estimate of drug-likeness (QED) is 0.869. The van der Waals surface area contributed by atoms with Gasteiger partial charge < -0.3 is 10.1 Å². The molecule has 24 heavy (non-hydrogen) atoms. The highest BCUT2D eigenvalue weighted by Gasteiger charge is 2.49. The van der Waals surface area contributed by atoms with Crippen LogP contribution < -0.4 is 5.32 Å². The number of nitrogens with zero attached hydrogens (tertiary/aromatic N) is 3. The first kappa shape index (κ1) is 17.0. The lowest BCUT2D eigenvalue weighted by Crippen LogP contribution is -2.62. The number of carbonyl (C=O) groups is 1. The second-order valence-corrected chi connectivity index (χ2v) is 7.37. The number of rotatable bonds is 6. The van der Waals surface area contributed by atoms with Crippen LogP contribution in [0.15, 0.2) is 23.8 Å². The zero-order valence-corrected chi connectivity index (χ0v) is 15.0. The van der Waals surface area contributed by atoms with Gasteiger partial charge in [-0.1, -0.05) is 13.8 Å². The molecule has 0 aliphatic heterocycles. The maximum absolute atomic E-state index is 12.3. The summed E-state index contributed by atoms with van der Waals surface area (Å²) < 4.78 is 5.70. The summed E-state index contributed by atoms with van der Waals surface area (Å²) in [7, 11) is 0. The molecule has 1 amide bonds. The summed E-state index contributed by atoms with van der Waals surface area (Å²) in [4.78, 5) is 25.1. The number of thiazole rings is 1. The Hall–Kier alpha value is -1.86. The Morgan fingerprint density at radius 1 is 1.42 bits per heavy atom. The molecule has 0 radical (unpaired) electrons. The number of amides is 1. The van der Waals surface area contributed by atoms with Crippen LogP contribution in [0.5, 0.6) is 0 Å². The zero-order chi connectivity index (χ0) is 17.2. The van der Waals surface area contributed by atoms with Gasteiger partial charge in [0, 0.05) is 35.8 Å². The smallest absolute Gasteiger partial charge is 0.226 e. The van der Waals surface area contributed by atoms with Crippen molar-refractivity contribution < 1.29 is 9.53 Å². The van der Waals surface area contributed by atoms with Gasteiger partial charge in [-0.25, -0.2) is 15.0 Å². The van der Waals surface area contributed by atoms with Crippen molar-refractivity contribution in [3.8, 4) is 10.8 Å². The second kappa shape index (κ2) is 6.94. The van der Waals surface area contributed by atoms with E-state index in [4.69, 9.17) is 4.74 Å². The average Bonchev–Trinajstić information content (AvgIpc) is 3.03. The summed E-state index contributed by atoms with van der Waals surface area (Å²) in [6.45, 7) is 6.97. The van der Waals surface area contributed by atoms with Crippen molar-refractivity contribution in [2.75, 3.05) is 6.61 Å². The van der Waals surface area contributed by atoms with Crippen LogP contribution in [-0.4, -0.2) is 39.6 Å². The maximum Gasteiger partial charge on any atom is 0.226 e. The maximum atomic E-state index is 12.3. The Bertz CT molecular complexity index is 702. The van der Waals surface area contributed by atoms with E-state index in [0.29, 0.717) is 12.4 Å². The fourth-order valence-electron chi connectivity index (χ4n) is 2.92. The van der Waals surface area contributed by atoms with Gasteiger partial charge in [0.1, 0.15) is 0 Å². The Morgan fingerprint density at radius 3 is 2.83 bits per heavy atom. The van der Waals surface area contributed by atoms with Crippen LogP contribution in [0.25, 0.3) is 10.8 Å². The largest absolute Gasteiger partial charge is 0.378 e. The molecule has 1 N–H and O–H groups in total. The van der Waals surface area contributed by atoms with E-state index in [-0.39, 0.29) is 29.9 Å². The van der Waals surface area contributed by atoms with Crippen molar-refractivity contribution in [2.24, 2.45) is 5.41 Å². The first-order valence-electron chi connectivity index (χ1n) is 8.13. The molecule has 0 spiro atoms. The van der Waals surface area contributed by atoms with Crippen molar-refractivity contribution in [3.05, 3.63) is 29.5 Å². The monoisotopic (exact) mass is 346 g/mol. The van der Waals surface area contributed by atoms with E-state index in [1.54, 1.807) is 18.5 Å². The molecule has 0 saturated heterocycles. The van der Waals surface area contributed by atoms with Crippen molar-refractivity contribution in [2.45, 2.75) is 45.8 Å². The van der Waals surface area contributed by atoms with Gasteiger partial charge in [0.2, 0.25) is 5.91 Å². The number of hydrogen-bond acceptors (Lipinski definition) is 6. The van der Waals surface area contributed by atoms with Gasteiger partial charge in [-0.15, -0.1) is 11.3 Å². The molecular weight excluding hydrogens is 324 g/mol. The molecule has 7 heteroatoms. The number of hydrogen-bond donors (Lipinski definition) is 1. The molecule has 0 aromatic carbocycles. The highest BCUT2D eigenvalue weighted by Crippen LogP contribution is 2.42. The number of nitrogens with one attached hydrogen (secondary N) is 1. The molecule has 2 aromatic heterocycles. The van der Waals surface area contributed by atoms with Crippen LogP contribution in [0.3, 0.4) is 0 Å². The molecule has 2 heterocycles. The Labute approximate surface area is 145 Å². The lowest BCUT2D eigenvalue weighted by atomic mass is 9.64. The van der Waals surface area contributed by atoms with Gasteiger partial charge in [-0.05, 0) is 19.4 Å². The van der Waals surface area contributed by atoms with Crippen molar-refractivity contribution >= 4 is 17.2 Å². The normalized spacial score (nSPS) is 22.0. The summed E-state index contributed by atoms with van der Waals surface area (Å²) in [6, 6.07) is 1.92. The van der Waals surface area contributed by atoms with Gasteiger partial charge in [0.05, 0.1) is 18.2 Å². The van der Waals surface area contributed by atoms with Gasteiger partial charge in [0.15, 0.2) is 10.8 Å². The van der Waals surface area contributed by atoms with Gasteiger partial charge in [-0.3, -0.25) is 4.79 Å². The first-order chi connectivity index (χ1) is 11.5. The highest BCUT2D eigenvalue weighted by atomic mass is 32.1. The average molecular weight is 346 g/mol. The molecule has 2 atom stereocenters. The molecule has 3 rings (SSSR count). The summed E-state index contributed by atoms with van der Waals surface area (Å²) in [5.41, 5.74) is 0.718. The molecule has 128 valence electrons. The third-order valence-corrected chi connectivity index (χ3v) is 5.42. The number of carbonyl (C=O) groups excluding carboxylic acids is 1. The minimum atomic E-state index is -0.0310. The van der Waals surface area contributed by atoms with Crippen LogP contribution in [-0.2, 0) is 16.0 Å². The minimum Gasteiger partial charge on any atom is -0.378 e. The topological polar surface area (TPSA) is 77.0 Å². The third kappa shape index (κ3) is 3.47. The van der Waals surface area contributed by atoms with Gasteiger partial charge in [0.25, 0.3) is 0 Å². The molecule has 1 aliphatic rings. The Balaban J connectivity index is 1.56. The predicted molar refractivity (Wildman–Crippen MR) is 92.6 cm³/mol. The zero-order valence-electron chi connectivity index (χ0n) is 14.2. The Morgan fingerprint density at radius 2 is 2.17 bits per heavy atom. The van der Waals surface area contributed by atoms with Crippen LogP contribution in [0.4, 0.5) is 0 Å². The SMILES string of the molecule is CCO[C@H]1C[C@@H](NC(=O)Cc2csc(-c3ncccn3)n2)C1(C)C. The summed E-state index contributed by atoms with van der Waals surface area (Å²) >= 11 is 1.45. The molecule has 1 aliphatic carbocycles. The van der Waals surface area contributed by atoms with E-state index < -0.39 is 0 Å². The van der Waals surface area contributed by atoms with E-state index in [1.807, 2.05) is 12.3 Å². The molecule has 1 fully saturated rings. The lowest BCUT2D eigenvalue weighted by molar-refractivity contribution is -0.136. The second-order valence-electron chi connectivity index (χ2n) is 6.51. The fraction of sp³-hybridized carbons (Fsp3) is 0.529. The van der Waals surface area contributed by atoms with Gasteiger partial charge >= 0.3 is 0 Å². The summed E-state index contributed by atoms with van der Waals surface area (Å²) in [5, 5.41) is 5.73. The van der Waals surface area contributed by atoms with E-state index in [2.05, 4.69) is 34.1 Å². The number of aromatic nitrogens is 3. The van der Waals surface area contributed by atoms with E-state index in [9.17, 15) is 4.79 Å². The minimum absolute atomic E-state index is 0.00569. The first-order valence-corrected chi connectivity index (χ1v) is 9.01. The molecule has 0 bridgehead atoms. The van der Waals surface area contributed by atoms with Crippen molar-refractivity contribution in [1.29, 1.82) is 0 Å². The summed E-state index contributed by atoms with van der Waals surface area (Å²) in [6.07, 6.45) is 4.73.